The van der Waals surface area contributed by atoms with Crippen molar-refractivity contribution in [2.45, 2.75) is 66.4 Å². The van der Waals surface area contributed by atoms with Crippen LogP contribution < -0.4 is 10.3 Å². The van der Waals surface area contributed by atoms with E-state index in [4.69, 9.17) is 14.1 Å². The summed E-state index contributed by atoms with van der Waals surface area (Å²) in [5.74, 6) is 0.803. The van der Waals surface area contributed by atoms with Gasteiger partial charge < -0.3 is 23.8 Å². The lowest BCUT2D eigenvalue weighted by Gasteiger charge is -2.22. The predicted molar refractivity (Wildman–Crippen MR) is 159 cm³/mol. The monoisotopic (exact) mass is 575 g/mol. The molecule has 0 aliphatic heterocycles. The SMILES string of the molecule is CCc1[nH]c(C(C)C)nc1-c1cc2c(=O)n(C)cc(-c3cc(C(C)(C)O)c(F)cc3Oc3c(C)cc(F)cc3C)c2o1. The fourth-order valence-corrected chi connectivity index (χ4v) is 5.21. The minimum absolute atomic E-state index is 0.0355. The number of aryl methyl sites for hydroxylation is 4. The highest BCUT2D eigenvalue weighted by molar-refractivity contribution is 5.95. The molecule has 0 aliphatic rings. The largest absolute Gasteiger partial charge is 0.456 e. The van der Waals surface area contributed by atoms with Gasteiger partial charge in [-0.15, -0.1) is 0 Å². The molecule has 0 fully saturated rings. The van der Waals surface area contributed by atoms with Crippen LogP contribution in [0.25, 0.3) is 33.6 Å². The third-order valence-corrected chi connectivity index (χ3v) is 7.44. The van der Waals surface area contributed by atoms with Crippen molar-refractivity contribution < 1.29 is 23.0 Å². The van der Waals surface area contributed by atoms with Crippen molar-refractivity contribution in [1.82, 2.24) is 14.5 Å². The molecule has 42 heavy (non-hydrogen) atoms. The second-order valence-corrected chi connectivity index (χ2v) is 11.6. The Kier molecular flexibility index (Phi) is 7.35. The van der Waals surface area contributed by atoms with Crippen LogP contribution in [0.1, 0.15) is 68.7 Å². The van der Waals surface area contributed by atoms with Crippen LogP contribution in [0.5, 0.6) is 11.5 Å². The van der Waals surface area contributed by atoms with Crippen molar-refractivity contribution in [2.75, 3.05) is 0 Å². The van der Waals surface area contributed by atoms with Gasteiger partial charge in [-0.2, -0.15) is 0 Å². The Morgan fingerprint density at radius 3 is 2.36 bits per heavy atom. The number of benzene rings is 2. The Morgan fingerprint density at radius 1 is 1.10 bits per heavy atom. The van der Waals surface area contributed by atoms with Crippen LogP contribution in [0.4, 0.5) is 8.78 Å². The number of ether oxygens (including phenoxy) is 1. The zero-order chi connectivity index (χ0) is 30.7. The Morgan fingerprint density at radius 2 is 1.76 bits per heavy atom. The lowest BCUT2D eigenvalue weighted by atomic mass is 9.93. The van der Waals surface area contributed by atoms with Crippen molar-refractivity contribution in [3.63, 3.8) is 0 Å². The summed E-state index contributed by atoms with van der Waals surface area (Å²) in [6.07, 6.45) is 2.28. The second kappa shape index (κ2) is 10.5. The number of hydrogen-bond donors (Lipinski definition) is 2. The van der Waals surface area contributed by atoms with Crippen LogP contribution in [-0.2, 0) is 19.1 Å². The molecule has 3 aromatic heterocycles. The fourth-order valence-electron chi connectivity index (χ4n) is 5.21. The van der Waals surface area contributed by atoms with Gasteiger partial charge in [0.2, 0.25) is 0 Å². The third-order valence-electron chi connectivity index (χ3n) is 7.44. The summed E-state index contributed by atoms with van der Waals surface area (Å²) < 4.78 is 43.6. The number of nitrogens with one attached hydrogen (secondary N) is 1. The van der Waals surface area contributed by atoms with Gasteiger partial charge >= 0.3 is 0 Å². The summed E-state index contributed by atoms with van der Waals surface area (Å²) in [4.78, 5) is 21.4. The Hall–Kier alpha value is -4.24. The maximum Gasteiger partial charge on any atom is 0.261 e. The van der Waals surface area contributed by atoms with Gasteiger partial charge in [-0.25, -0.2) is 13.8 Å². The first-order chi connectivity index (χ1) is 19.7. The highest BCUT2D eigenvalue weighted by Crippen LogP contribution is 2.43. The fraction of sp³-hybridized carbons (Fsp3) is 0.333. The molecule has 0 amide bonds. The van der Waals surface area contributed by atoms with E-state index >= 15 is 4.39 Å². The molecule has 220 valence electrons. The van der Waals surface area contributed by atoms with Crippen LogP contribution in [0, 0.1) is 25.5 Å². The van der Waals surface area contributed by atoms with Crippen LogP contribution in [0.3, 0.4) is 0 Å². The van der Waals surface area contributed by atoms with E-state index in [9.17, 15) is 14.3 Å². The normalized spacial score (nSPS) is 12.1. The number of hydrogen-bond acceptors (Lipinski definition) is 5. The second-order valence-electron chi connectivity index (χ2n) is 11.6. The Labute approximate surface area is 242 Å². The average molecular weight is 576 g/mol. The average Bonchev–Trinajstić information content (AvgIpc) is 3.53. The number of aromatic nitrogens is 3. The van der Waals surface area contributed by atoms with E-state index in [0.717, 1.165) is 11.5 Å². The van der Waals surface area contributed by atoms with Crippen molar-refractivity contribution >= 4 is 11.0 Å². The maximum atomic E-state index is 15.5. The molecule has 2 aromatic carbocycles. The maximum absolute atomic E-state index is 15.5. The smallest absolute Gasteiger partial charge is 0.261 e. The van der Waals surface area contributed by atoms with Gasteiger partial charge in [0.15, 0.2) is 5.76 Å². The minimum atomic E-state index is -1.52. The summed E-state index contributed by atoms with van der Waals surface area (Å²) in [5.41, 5.74) is 1.91. The number of aromatic amines is 1. The van der Waals surface area contributed by atoms with Crippen molar-refractivity contribution in [2.24, 2.45) is 7.05 Å². The topological polar surface area (TPSA) is 93.3 Å². The molecule has 2 N–H and O–H groups in total. The summed E-state index contributed by atoms with van der Waals surface area (Å²) >= 11 is 0. The van der Waals surface area contributed by atoms with E-state index in [1.165, 1.54) is 42.7 Å². The van der Waals surface area contributed by atoms with E-state index in [-0.39, 0.29) is 28.4 Å². The number of H-pyrrole nitrogens is 1. The van der Waals surface area contributed by atoms with Crippen molar-refractivity contribution in [3.05, 3.63) is 86.7 Å². The number of aliphatic hydroxyl groups is 1. The van der Waals surface area contributed by atoms with Gasteiger partial charge in [-0.3, -0.25) is 4.79 Å². The molecule has 0 saturated carbocycles. The van der Waals surface area contributed by atoms with E-state index in [2.05, 4.69) is 4.98 Å². The third kappa shape index (κ3) is 5.13. The van der Waals surface area contributed by atoms with Gasteiger partial charge in [0.25, 0.3) is 5.56 Å². The van der Waals surface area contributed by atoms with E-state index in [0.29, 0.717) is 51.3 Å². The lowest BCUT2D eigenvalue weighted by Crippen LogP contribution is -2.18. The predicted octanol–water partition coefficient (Wildman–Crippen LogP) is 7.79. The number of rotatable bonds is 7. The first kappa shape index (κ1) is 29.3. The lowest BCUT2D eigenvalue weighted by molar-refractivity contribution is 0.0745. The van der Waals surface area contributed by atoms with Crippen LogP contribution in [0.15, 0.2) is 45.7 Å². The van der Waals surface area contributed by atoms with E-state index in [1.54, 1.807) is 33.2 Å². The molecule has 7 nitrogen and oxygen atoms in total. The van der Waals surface area contributed by atoms with Gasteiger partial charge in [0, 0.05) is 47.6 Å². The molecular formula is C33H35F2N3O4. The zero-order valence-electron chi connectivity index (χ0n) is 25.1. The Bertz CT molecular complexity index is 1870. The summed E-state index contributed by atoms with van der Waals surface area (Å²) in [6.45, 7) is 12.5. The molecule has 0 atom stereocenters. The van der Waals surface area contributed by atoms with Crippen molar-refractivity contribution in [3.8, 4) is 34.1 Å². The highest BCUT2D eigenvalue weighted by atomic mass is 19.1. The standard InChI is InChI=1S/C33H35F2N3O4/c1-9-25-28(37-31(36-25)16(2)3)27-13-21-30(42-27)22(15-38(8)32(21)39)20-12-23(33(6,7)40)24(35)14-26(20)41-29-17(4)10-19(34)11-18(29)5/h10-16,40H,9H2,1-8H3,(H,36,37). The van der Waals surface area contributed by atoms with Gasteiger partial charge in [-0.05, 0) is 69.5 Å². The number of halogens is 2. The first-order valence-electron chi connectivity index (χ1n) is 13.9. The van der Waals surface area contributed by atoms with Crippen LogP contribution >= 0.6 is 0 Å². The molecule has 0 aliphatic carbocycles. The molecule has 3 heterocycles. The van der Waals surface area contributed by atoms with E-state index in [1.807, 2.05) is 20.8 Å². The highest BCUT2D eigenvalue weighted by Gasteiger charge is 2.27. The number of pyridine rings is 1. The quantitative estimate of drug-likeness (QED) is 0.207. The molecule has 9 heteroatoms. The van der Waals surface area contributed by atoms with Gasteiger partial charge in [0.05, 0.1) is 11.0 Å². The van der Waals surface area contributed by atoms with E-state index < -0.39 is 17.2 Å². The minimum Gasteiger partial charge on any atom is -0.456 e. The summed E-state index contributed by atoms with van der Waals surface area (Å²) in [5, 5.41) is 11.1. The van der Waals surface area contributed by atoms with Gasteiger partial charge in [0.1, 0.15) is 40.2 Å². The molecule has 0 spiro atoms. The molecule has 5 rings (SSSR count). The molecule has 5 aromatic rings. The molecule has 0 bridgehead atoms. The molecular weight excluding hydrogens is 540 g/mol. The summed E-state index contributed by atoms with van der Waals surface area (Å²) in [6, 6.07) is 7.06. The molecule has 0 radical (unpaired) electrons. The number of nitrogens with zero attached hydrogens (tertiary/aromatic N) is 2. The van der Waals surface area contributed by atoms with Gasteiger partial charge in [-0.1, -0.05) is 20.8 Å². The van der Waals surface area contributed by atoms with Crippen molar-refractivity contribution in [1.29, 1.82) is 0 Å². The number of furan rings is 1. The number of imidazole rings is 1. The van der Waals surface area contributed by atoms with Crippen LogP contribution in [0.2, 0.25) is 0 Å². The summed E-state index contributed by atoms with van der Waals surface area (Å²) in [7, 11) is 1.62. The molecule has 0 unspecified atom stereocenters. The zero-order valence-corrected chi connectivity index (χ0v) is 25.1. The molecule has 0 saturated heterocycles. The number of fused-ring (bicyclic) bond motifs is 1. The first-order valence-corrected chi connectivity index (χ1v) is 13.9. The van der Waals surface area contributed by atoms with Crippen LogP contribution in [-0.4, -0.2) is 19.6 Å². The Balaban J connectivity index is 1.80.